The number of aromatic nitrogens is 1. The zero-order valence-electron chi connectivity index (χ0n) is 17.6. The lowest BCUT2D eigenvalue weighted by Gasteiger charge is -2.34. The first kappa shape index (κ1) is 20.3. The third-order valence-corrected chi connectivity index (χ3v) is 5.97. The molecule has 0 bridgehead atoms. The van der Waals surface area contributed by atoms with E-state index in [1.54, 1.807) is 30.5 Å². The largest absolute Gasteiger partial charge is 0.354 e. The molecular formula is C23H29N5O2. The number of likely N-dealkylation sites (N-methyl/N-ethyl adjacent to an activating group) is 1. The molecular weight excluding hydrogens is 378 g/mol. The van der Waals surface area contributed by atoms with Crippen LogP contribution in [0, 0.1) is 11.8 Å². The highest BCUT2D eigenvalue weighted by atomic mass is 16.2. The van der Waals surface area contributed by atoms with Crippen LogP contribution >= 0.6 is 0 Å². The van der Waals surface area contributed by atoms with Crippen molar-refractivity contribution in [2.45, 2.75) is 19.9 Å². The van der Waals surface area contributed by atoms with Crippen LogP contribution in [-0.4, -0.2) is 54.9 Å². The second kappa shape index (κ2) is 8.83. The van der Waals surface area contributed by atoms with E-state index in [9.17, 15) is 9.59 Å². The topological polar surface area (TPSA) is 77.6 Å². The Kier molecular flexibility index (Phi) is 5.99. The number of carbonyl (C=O) groups is 2. The van der Waals surface area contributed by atoms with Crippen molar-refractivity contribution in [1.29, 1.82) is 0 Å². The SMILES string of the molecule is CC1CC1C(=O)Nc1ccc(C(=O)NCc2cccnc2N2CCN(C)CC2)cc1. The van der Waals surface area contributed by atoms with E-state index in [0.717, 1.165) is 49.7 Å². The first-order valence-electron chi connectivity index (χ1n) is 10.6. The van der Waals surface area contributed by atoms with E-state index in [2.05, 4.69) is 39.4 Å². The van der Waals surface area contributed by atoms with Crippen LogP contribution in [0.15, 0.2) is 42.6 Å². The second-order valence-corrected chi connectivity index (χ2v) is 8.35. The van der Waals surface area contributed by atoms with Gasteiger partial charge < -0.3 is 20.4 Å². The van der Waals surface area contributed by atoms with Crippen molar-refractivity contribution < 1.29 is 9.59 Å². The highest BCUT2D eigenvalue weighted by molar-refractivity contribution is 5.97. The van der Waals surface area contributed by atoms with Crippen LogP contribution in [-0.2, 0) is 11.3 Å². The monoisotopic (exact) mass is 407 g/mol. The third-order valence-electron chi connectivity index (χ3n) is 5.97. The van der Waals surface area contributed by atoms with Crippen molar-refractivity contribution in [3.8, 4) is 0 Å². The number of rotatable bonds is 6. The molecule has 30 heavy (non-hydrogen) atoms. The van der Waals surface area contributed by atoms with Crippen molar-refractivity contribution in [3.63, 3.8) is 0 Å². The van der Waals surface area contributed by atoms with Crippen LogP contribution in [0.2, 0.25) is 0 Å². The van der Waals surface area contributed by atoms with Crippen LogP contribution in [0.1, 0.15) is 29.3 Å². The summed E-state index contributed by atoms with van der Waals surface area (Å²) in [7, 11) is 2.13. The van der Waals surface area contributed by atoms with Gasteiger partial charge in [-0.15, -0.1) is 0 Å². The number of benzene rings is 1. The smallest absolute Gasteiger partial charge is 0.251 e. The standard InChI is InChI=1S/C23H29N5O2/c1-16-14-20(16)23(30)26-19-7-5-17(6-8-19)22(29)25-15-18-4-3-9-24-21(18)28-12-10-27(2)11-13-28/h3-9,16,20H,10-15H2,1-2H3,(H,25,29)(H,26,30). The lowest BCUT2D eigenvalue weighted by molar-refractivity contribution is -0.117. The van der Waals surface area contributed by atoms with Crippen LogP contribution in [0.4, 0.5) is 11.5 Å². The van der Waals surface area contributed by atoms with E-state index in [-0.39, 0.29) is 17.7 Å². The third kappa shape index (κ3) is 4.79. The summed E-state index contributed by atoms with van der Waals surface area (Å²) in [4.78, 5) is 33.8. The van der Waals surface area contributed by atoms with Gasteiger partial charge in [0.25, 0.3) is 5.91 Å². The lowest BCUT2D eigenvalue weighted by Crippen LogP contribution is -2.45. The first-order valence-corrected chi connectivity index (χ1v) is 10.6. The summed E-state index contributed by atoms with van der Waals surface area (Å²) in [5.41, 5.74) is 2.30. The molecule has 1 aromatic heterocycles. The van der Waals surface area contributed by atoms with Gasteiger partial charge in [0.05, 0.1) is 0 Å². The molecule has 2 fully saturated rings. The van der Waals surface area contributed by atoms with E-state index in [1.165, 1.54) is 0 Å². The van der Waals surface area contributed by atoms with Gasteiger partial charge in [0.2, 0.25) is 5.91 Å². The molecule has 1 aliphatic carbocycles. The molecule has 2 amide bonds. The van der Waals surface area contributed by atoms with E-state index < -0.39 is 0 Å². The molecule has 2 heterocycles. The molecule has 1 saturated heterocycles. The maximum absolute atomic E-state index is 12.6. The Morgan fingerprint density at radius 3 is 2.47 bits per heavy atom. The normalized spacial score (nSPS) is 21.2. The maximum Gasteiger partial charge on any atom is 0.251 e. The van der Waals surface area contributed by atoms with Crippen molar-refractivity contribution >= 4 is 23.3 Å². The molecule has 2 aliphatic rings. The number of pyridine rings is 1. The molecule has 2 aromatic rings. The van der Waals surface area contributed by atoms with Crippen molar-refractivity contribution in [1.82, 2.24) is 15.2 Å². The summed E-state index contributed by atoms with van der Waals surface area (Å²) in [5, 5.41) is 5.91. The Morgan fingerprint density at radius 1 is 1.10 bits per heavy atom. The Labute approximate surface area is 177 Å². The molecule has 0 radical (unpaired) electrons. The molecule has 2 N–H and O–H groups in total. The fourth-order valence-corrected chi connectivity index (χ4v) is 3.78. The summed E-state index contributed by atoms with van der Waals surface area (Å²) < 4.78 is 0. The van der Waals surface area contributed by atoms with E-state index in [1.807, 2.05) is 12.1 Å². The molecule has 7 nitrogen and oxygen atoms in total. The molecule has 158 valence electrons. The predicted octanol–water partition coefficient (Wildman–Crippen LogP) is 2.36. The maximum atomic E-state index is 12.6. The van der Waals surface area contributed by atoms with Crippen molar-refractivity contribution in [2.75, 3.05) is 43.4 Å². The van der Waals surface area contributed by atoms with Crippen LogP contribution < -0.4 is 15.5 Å². The molecule has 0 spiro atoms. The van der Waals surface area contributed by atoms with Gasteiger partial charge in [-0.2, -0.15) is 0 Å². The average molecular weight is 408 g/mol. The molecule has 2 atom stereocenters. The van der Waals surface area contributed by atoms with Gasteiger partial charge in [0.15, 0.2) is 0 Å². The predicted molar refractivity (Wildman–Crippen MR) is 117 cm³/mol. The van der Waals surface area contributed by atoms with E-state index in [0.29, 0.717) is 18.0 Å². The number of hydrogen-bond acceptors (Lipinski definition) is 5. The van der Waals surface area contributed by atoms with E-state index in [4.69, 9.17) is 0 Å². The Hall–Kier alpha value is -2.93. The zero-order valence-corrected chi connectivity index (χ0v) is 17.6. The van der Waals surface area contributed by atoms with Crippen molar-refractivity contribution in [2.24, 2.45) is 11.8 Å². The number of carbonyl (C=O) groups excluding carboxylic acids is 2. The summed E-state index contributed by atoms with van der Waals surface area (Å²) in [6.07, 6.45) is 2.76. The van der Waals surface area contributed by atoms with Crippen molar-refractivity contribution in [3.05, 3.63) is 53.7 Å². The van der Waals surface area contributed by atoms with Crippen LogP contribution in [0.5, 0.6) is 0 Å². The fraction of sp³-hybridized carbons (Fsp3) is 0.435. The highest BCUT2D eigenvalue weighted by Gasteiger charge is 2.39. The number of anilines is 2. The molecule has 1 aliphatic heterocycles. The van der Waals surface area contributed by atoms with Gasteiger partial charge in [-0.3, -0.25) is 9.59 Å². The molecule has 7 heteroatoms. The van der Waals surface area contributed by atoms with Gasteiger partial charge >= 0.3 is 0 Å². The average Bonchev–Trinajstić information content (AvgIpc) is 3.50. The quantitative estimate of drug-likeness (QED) is 0.769. The second-order valence-electron chi connectivity index (χ2n) is 8.35. The minimum atomic E-state index is -0.142. The first-order chi connectivity index (χ1) is 14.5. The fourth-order valence-electron chi connectivity index (χ4n) is 3.78. The highest BCUT2D eigenvalue weighted by Crippen LogP contribution is 2.38. The van der Waals surface area contributed by atoms with Gasteiger partial charge in [-0.25, -0.2) is 4.98 Å². The number of hydrogen-bond donors (Lipinski definition) is 2. The molecule has 2 unspecified atom stereocenters. The summed E-state index contributed by atoms with van der Waals surface area (Å²) in [6.45, 7) is 6.37. The zero-order chi connectivity index (χ0) is 21.1. The van der Waals surface area contributed by atoms with Gasteiger partial charge in [0, 0.05) is 61.7 Å². The minimum Gasteiger partial charge on any atom is -0.354 e. The van der Waals surface area contributed by atoms with Crippen LogP contribution in [0.25, 0.3) is 0 Å². The van der Waals surface area contributed by atoms with Gasteiger partial charge in [0.1, 0.15) is 5.82 Å². The Bertz CT molecular complexity index is 906. The lowest BCUT2D eigenvalue weighted by atomic mass is 10.1. The molecule has 1 saturated carbocycles. The van der Waals surface area contributed by atoms with Gasteiger partial charge in [-0.1, -0.05) is 13.0 Å². The molecule has 1 aromatic carbocycles. The van der Waals surface area contributed by atoms with Gasteiger partial charge in [-0.05, 0) is 49.7 Å². The Balaban J connectivity index is 1.34. The summed E-state index contributed by atoms with van der Waals surface area (Å²) in [6, 6.07) is 11.0. The van der Waals surface area contributed by atoms with Crippen LogP contribution in [0.3, 0.4) is 0 Å². The minimum absolute atomic E-state index is 0.0627. The number of amides is 2. The molecule has 4 rings (SSSR count). The summed E-state index contributed by atoms with van der Waals surface area (Å²) in [5.74, 6) is 1.46. The summed E-state index contributed by atoms with van der Waals surface area (Å²) >= 11 is 0. The number of piperazine rings is 1. The Morgan fingerprint density at radius 2 is 1.80 bits per heavy atom. The van der Waals surface area contributed by atoms with E-state index >= 15 is 0 Å². The number of nitrogens with zero attached hydrogens (tertiary/aromatic N) is 3. The number of nitrogens with one attached hydrogen (secondary N) is 2.